The zero-order valence-electron chi connectivity index (χ0n) is 20.3. The number of likely N-dealkylation sites (tertiary alicyclic amines) is 1. The van der Waals surface area contributed by atoms with Gasteiger partial charge in [-0.25, -0.2) is 0 Å². The monoisotopic (exact) mass is 471 g/mol. The Morgan fingerprint density at radius 1 is 1.12 bits per heavy atom. The molecule has 0 radical (unpaired) electrons. The van der Waals surface area contributed by atoms with E-state index in [0.717, 1.165) is 38.5 Å². The number of fused-ring (bicyclic) bond motifs is 1. The fourth-order valence-corrected chi connectivity index (χ4v) is 5.75. The minimum atomic E-state index is -1.13. The molecule has 0 aromatic rings. The number of ether oxygens (including phenoxy) is 1. The highest BCUT2D eigenvalue weighted by molar-refractivity contribution is 5.99. The molecular weight excluding hydrogens is 434 g/mol. The Bertz CT molecular complexity index is 872. The summed E-state index contributed by atoms with van der Waals surface area (Å²) < 4.78 is 5.53. The molecule has 4 rings (SSSR count). The summed E-state index contributed by atoms with van der Waals surface area (Å²) in [4.78, 5) is 58.1. The molecule has 34 heavy (non-hydrogen) atoms. The molecule has 0 unspecified atom stereocenters. The number of carbonyl (C=O) groups excluding carboxylic acids is 4. The van der Waals surface area contributed by atoms with Gasteiger partial charge in [0.05, 0.1) is 12.5 Å². The highest BCUT2D eigenvalue weighted by Gasteiger charge is 2.61. The average molecular weight is 472 g/mol. The van der Waals surface area contributed by atoms with Gasteiger partial charge in [-0.05, 0) is 39.0 Å². The SMILES string of the molecule is C=CCN1C(=O)[C@@H](CC(=O)N2CCN(C(=O)C3CC3)CC2)[C@]2(C(=O)OCC)CCCCC/C=C/12. The maximum atomic E-state index is 13.6. The Balaban J connectivity index is 1.56. The Labute approximate surface area is 201 Å². The molecule has 2 atom stereocenters. The van der Waals surface area contributed by atoms with Crippen LogP contribution in [-0.2, 0) is 23.9 Å². The Hall–Kier alpha value is -2.64. The summed E-state index contributed by atoms with van der Waals surface area (Å²) >= 11 is 0. The van der Waals surface area contributed by atoms with Crippen molar-refractivity contribution < 1.29 is 23.9 Å². The summed E-state index contributed by atoms with van der Waals surface area (Å²) in [5, 5.41) is 0. The summed E-state index contributed by atoms with van der Waals surface area (Å²) in [5.74, 6) is -1.15. The second-order valence-electron chi connectivity index (χ2n) is 9.86. The minimum absolute atomic E-state index is 0.0286. The smallest absolute Gasteiger partial charge is 0.318 e. The van der Waals surface area contributed by atoms with E-state index in [4.69, 9.17) is 4.74 Å². The molecule has 0 aromatic heterocycles. The van der Waals surface area contributed by atoms with Crippen LogP contribution in [0.2, 0.25) is 0 Å². The van der Waals surface area contributed by atoms with Gasteiger partial charge in [0.25, 0.3) is 0 Å². The van der Waals surface area contributed by atoms with Crippen LogP contribution in [0, 0.1) is 17.3 Å². The summed E-state index contributed by atoms with van der Waals surface area (Å²) in [7, 11) is 0. The molecule has 8 heteroatoms. The molecule has 0 aromatic carbocycles. The van der Waals surface area contributed by atoms with Gasteiger partial charge >= 0.3 is 5.97 Å². The van der Waals surface area contributed by atoms with E-state index in [1.54, 1.807) is 22.8 Å². The molecule has 2 aliphatic heterocycles. The topological polar surface area (TPSA) is 87.2 Å². The Kier molecular flexibility index (Phi) is 7.43. The van der Waals surface area contributed by atoms with Crippen molar-refractivity contribution in [2.45, 2.75) is 58.3 Å². The number of allylic oxidation sites excluding steroid dienone is 1. The van der Waals surface area contributed by atoms with Crippen molar-refractivity contribution in [1.29, 1.82) is 0 Å². The standard InChI is InChI=1S/C26H37N3O5/c1-3-13-29-21-9-7-5-6-8-12-26(21,25(33)34-4-2)20(24(29)32)18-22(30)27-14-16-28(17-15-27)23(31)19-10-11-19/h3,9,19-20H,1,4-8,10-18H2,2H3/b21-9+/t20-,26-/m1/s1. The van der Waals surface area contributed by atoms with E-state index in [1.807, 2.05) is 11.0 Å². The highest BCUT2D eigenvalue weighted by Crippen LogP contribution is 2.52. The van der Waals surface area contributed by atoms with Gasteiger partial charge in [0, 0.05) is 50.8 Å². The van der Waals surface area contributed by atoms with Gasteiger partial charge in [0.1, 0.15) is 5.41 Å². The predicted octanol–water partition coefficient (Wildman–Crippen LogP) is 2.50. The van der Waals surface area contributed by atoms with Crippen LogP contribution in [0.5, 0.6) is 0 Å². The van der Waals surface area contributed by atoms with Crippen LogP contribution in [-0.4, -0.2) is 77.7 Å². The van der Waals surface area contributed by atoms with E-state index in [1.165, 1.54) is 0 Å². The maximum Gasteiger partial charge on any atom is 0.318 e. The first-order valence-electron chi connectivity index (χ1n) is 12.8. The minimum Gasteiger partial charge on any atom is -0.465 e. The number of nitrogens with zero attached hydrogens (tertiary/aromatic N) is 3. The number of esters is 1. The van der Waals surface area contributed by atoms with Crippen molar-refractivity contribution in [2.24, 2.45) is 17.3 Å². The zero-order chi connectivity index (χ0) is 24.3. The number of piperazine rings is 1. The van der Waals surface area contributed by atoms with Gasteiger partial charge in [0.15, 0.2) is 0 Å². The van der Waals surface area contributed by atoms with E-state index in [9.17, 15) is 19.2 Å². The lowest BCUT2D eigenvalue weighted by Crippen LogP contribution is -2.52. The van der Waals surface area contributed by atoms with Crippen molar-refractivity contribution in [2.75, 3.05) is 39.3 Å². The van der Waals surface area contributed by atoms with Gasteiger partial charge in [-0.15, -0.1) is 6.58 Å². The molecule has 4 aliphatic rings. The molecular formula is C26H37N3O5. The second kappa shape index (κ2) is 10.3. The van der Waals surface area contributed by atoms with Crippen molar-refractivity contribution in [1.82, 2.24) is 14.7 Å². The number of rotatable bonds is 7. The molecule has 3 amide bonds. The molecule has 1 saturated carbocycles. The quantitative estimate of drug-likeness (QED) is 0.421. The fourth-order valence-electron chi connectivity index (χ4n) is 5.75. The second-order valence-corrected chi connectivity index (χ2v) is 9.86. The predicted molar refractivity (Wildman–Crippen MR) is 126 cm³/mol. The van der Waals surface area contributed by atoms with E-state index >= 15 is 0 Å². The molecule has 0 N–H and O–H groups in total. The lowest BCUT2D eigenvalue weighted by atomic mass is 9.69. The maximum absolute atomic E-state index is 13.6. The van der Waals surface area contributed by atoms with E-state index < -0.39 is 17.3 Å². The third-order valence-electron chi connectivity index (χ3n) is 7.72. The summed E-state index contributed by atoms with van der Waals surface area (Å²) in [6.45, 7) is 8.06. The van der Waals surface area contributed by atoms with Gasteiger partial charge in [-0.2, -0.15) is 0 Å². The van der Waals surface area contributed by atoms with E-state index in [-0.39, 0.29) is 36.7 Å². The van der Waals surface area contributed by atoms with Crippen LogP contribution in [0.15, 0.2) is 24.4 Å². The molecule has 8 nitrogen and oxygen atoms in total. The van der Waals surface area contributed by atoms with Gasteiger partial charge < -0.3 is 19.4 Å². The number of amides is 3. The summed E-state index contributed by atoms with van der Waals surface area (Å²) in [6, 6.07) is 0. The Morgan fingerprint density at radius 2 is 1.82 bits per heavy atom. The van der Waals surface area contributed by atoms with Crippen LogP contribution in [0.25, 0.3) is 0 Å². The molecule has 3 fully saturated rings. The van der Waals surface area contributed by atoms with E-state index in [0.29, 0.717) is 44.8 Å². The zero-order valence-corrected chi connectivity index (χ0v) is 20.3. The number of hydrogen-bond donors (Lipinski definition) is 0. The Morgan fingerprint density at radius 3 is 2.47 bits per heavy atom. The third kappa shape index (κ3) is 4.51. The van der Waals surface area contributed by atoms with Crippen LogP contribution >= 0.6 is 0 Å². The van der Waals surface area contributed by atoms with Crippen molar-refractivity contribution in [3.05, 3.63) is 24.4 Å². The number of hydrogen-bond acceptors (Lipinski definition) is 5. The first-order chi connectivity index (χ1) is 16.4. The molecule has 2 heterocycles. The first-order valence-corrected chi connectivity index (χ1v) is 12.8. The van der Waals surface area contributed by atoms with Crippen molar-refractivity contribution >= 4 is 23.7 Å². The largest absolute Gasteiger partial charge is 0.465 e. The molecule has 0 bridgehead atoms. The van der Waals surface area contributed by atoms with E-state index in [2.05, 4.69) is 6.58 Å². The normalized spacial score (nSPS) is 29.0. The van der Waals surface area contributed by atoms with Crippen LogP contribution in [0.4, 0.5) is 0 Å². The van der Waals surface area contributed by atoms with Gasteiger partial charge in [0.2, 0.25) is 17.7 Å². The van der Waals surface area contributed by atoms with Gasteiger partial charge in [-0.3, -0.25) is 19.2 Å². The third-order valence-corrected chi connectivity index (χ3v) is 7.72. The lowest BCUT2D eigenvalue weighted by Gasteiger charge is -2.37. The highest BCUT2D eigenvalue weighted by atomic mass is 16.5. The van der Waals surface area contributed by atoms with Crippen molar-refractivity contribution in [3.8, 4) is 0 Å². The summed E-state index contributed by atoms with van der Waals surface area (Å²) in [5.41, 5.74) is -0.441. The van der Waals surface area contributed by atoms with Gasteiger partial charge in [-0.1, -0.05) is 25.0 Å². The van der Waals surface area contributed by atoms with Crippen molar-refractivity contribution in [3.63, 3.8) is 0 Å². The van der Waals surface area contributed by atoms with Crippen LogP contribution in [0.1, 0.15) is 58.3 Å². The summed E-state index contributed by atoms with van der Waals surface area (Å²) in [6.07, 6.45) is 9.64. The van der Waals surface area contributed by atoms with Crippen LogP contribution < -0.4 is 0 Å². The molecule has 2 saturated heterocycles. The lowest BCUT2D eigenvalue weighted by molar-refractivity contribution is -0.158. The fraction of sp³-hybridized carbons (Fsp3) is 0.692. The molecule has 186 valence electrons. The molecule has 2 aliphatic carbocycles. The van der Waals surface area contributed by atoms with Crippen LogP contribution in [0.3, 0.4) is 0 Å². The molecule has 0 spiro atoms. The first kappa shape index (κ1) is 24.5. The average Bonchev–Trinajstić information content (AvgIpc) is 3.64. The number of carbonyl (C=O) groups is 4.